The Hall–Kier alpha value is -2.14. The first-order valence-corrected chi connectivity index (χ1v) is 9.88. The van der Waals surface area contributed by atoms with Gasteiger partial charge >= 0.3 is 0 Å². The summed E-state index contributed by atoms with van der Waals surface area (Å²) in [5, 5.41) is 0.432. The van der Waals surface area contributed by atoms with Gasteiger partial charge in [-0.2, -0.15) is 11.8 Å². The van der Waals surface area contributed by atoms with Gasteiger partial charge in [0.1, 0.15) is 0 Å². The van der Waals surface area contributed by atoms with Crippen LogP contribution >= 0.6 is 11.8 Å². The van der Waals surface area contributed by atoms with Crippen LogP contribution < -0.4 is 9.47 Å². The van der Waals surface area contributed by atoms with Crippen molar-refractivity contribution >= 4 is 17.7 Å². The Kier molecular flexibility index (Phi) is 6.09. The first kappa shape index (κ1) is 18.6. The fraction of sp³-hybridized carbons (Fsp3) is 0.381. The molecule has 0 radical (unpaired) electrons. The molecular formula is C21H25NO3S. The van der Waals surface area contributed by atoms with Crippen molar-refractivity contribution in [3.63, 3.8) is 0 Å². The van der Waals surface area contributed by atoms with Gasteiger partial charge in [0.05, 0.1) is 19.8 Å². The molecule has 26 heavy (non-hydrogen) atoms. The number of para-hydroxylation sites is 1. The van der Waals surface area contributed by atoms with Gasteiger partial charge in [0.2, 0.25) is 0 Å². The van der Waals surface area contributed by atoms with Crippen molar-refractivity contribution in [3.8, 4) is 11.5 Å². The molecule has 0 N–H and O–H groups in total. The zero-order chi connectivity index (χ0) is 18.5. The molecule has 4 nitrogen and oxygen atoms in total. The van der Waals surface area contributed by atoms with E-state index in [1.54, 1.807) is 20.3 Å². The number of rotatable bonds is 4. The molecule has 0 spiro atoms. The molecule has 1 heterocycles. The van der Waals surface area contributed by atoms with Crippen LogP contribution in [0.25, 0.3) is 0 Å². The fourth-order valence-corrected chi connectivity index (χ4v) is 4.72. The SMILES string of the molecule is COc1cccc(C(=O)N2CCS[C@@H](c3ccccc3C)CC2)c1OC. The van der Waals surface area contributed by atoms with Gasteiger partial charge in [-0.05, 0) is 36.6 Å². The summed E-state index contributed by atoms with van der Waals surface area (Å²) >= 11 is 1.94. The Morgan fingerprint density at radius 3 is 2.62 bits per heavy atom. The molecule has 3 rings (SSSR count). The summed E-state index contributed by atoms with van der Waals surface area (Å²) in [6.45, 7) is 3.64. The van der Waals surface area contributed by atoms with E-state index in [1.165, 1.54) is 11.1 Å². The monoisotopic (exact) mass is 371 g/mol. The number of hydrogen-bond acceptors (Lipinski definition) is 4. The Bertz CT molecular complexity index is 778. The maximum atomic E-state index is 13.1. The van der Waals surface area contributed by atoms with E-state index in [0.29, 0.717) is 22.3 Å². The highest BCUT2D eigenvalue weighted by Crippen LogP contribution is 2.37. The quantitative estimate of drug-likeness (QED) is 0.802. The van der Waals surface area contributed by atoms with Crippen molar-refractivity contribution in [2.24, 2.45) is 0 Å². The lowest BCUT2D eigenvalue weighted by Crippen LogP contribution is -2.33. The van der Waals surface area contributed by atoms with Crippen molar-refractivity contribution in [2.75, 3.05) is 33.1 Å². The Balaban J connectivity index is 1.77. The molecule has 0 aliphatic carbocycles. The summed E-state index contributed by atoms with van der Waals surface area (Å²) in [5.74, 6) is 2.02. The van der Waals surface area contributed by atoms with Crippen molar-refractivity contribution in [2.45, 2.75) is 18.6 Å². The third-order valence-corrected chi connectivity index (χ3v) is 6.11. The van der Waals surface area contributed by atoms with E-state index in [2.05, 4.69) is 31.2 Å². The predicted octanol–water partition coefficient (Wildman–Crippen LogP) is 4.33. The summed E-state index contributed by atoms with van der Waals surface area (Å²) < 4.78 is 10.8. The lowest BCUT2D eigenvalue weighted by Gasteiger charge is -2.22. The zero-order valence-corrected chi connectivity index (χ0v) is 16.3. The highest BCUT2D eigenvalue weighted by atomic mass is 32.2. The van der Waals surface area contributed by atoms with Crippen molar-refractivity contribution in [1.29, 1.82) is 0 Å². The predicted molar refractivity (Wildman–Crippen MR) is 106 cm³/mol. The van der Waals surface area contributed by atoms with Crippen LogP contribution in [0.1, 0.15) is 33.2 Å². The lowest BCUT2D eigenvalue weighted by molar-refractivity contribution is 0.0762. The molecule has 1 saturated heterocycles. The maximum Gasteiger partial charge on any atom is 0.257 e. The number of carbonyl (C=O) groups is 1. The van der Waals surface area contributed by atoms with Gasteiger partial charge in [0.25, 0.3) is 5.91 Å². The number of aryl methyl sites for hydroxylation is 1. The molecule has 2 aromatic rings. The summed E-state index contributed by atoms with van der Waals surface area (Å²) in [4.78, 5) is 15.0. The number of thioether (sulfide) groups is 1. The Morgan fingerprint density at radius 2 is 1.88 bits per heavy atom. The van der Waals surface area contributed by atoms with Crippen LogP contribution in [-0.2, 0) is 0 Å². The van der Waals surface area contributed by atoms with Gasteiger partial charge in [-0.3, -0.25) is 4.79 Å². The Labute approximate surface area is 159 Å². The van der Waals surface area contributed by atoms with E-state index in [-0.39, 0.29) is 5.91 Å². The minimum absolute atomic E-state index is 0.00628. The number of benzene rings is 2. The highest BCUT2D eigenvalue weighted by Gasteiger charge is 2.26. The molecule has 1 amide bonds. The van der Waals surface area contributed by atoms with E-state index in [1.807, 2.05) is 28.8 Å². The van der Waals surface area contributed by atoms with Gasteiger partial charge in [-0.25, -0.2) is 0 Å². The van der Waals surface area contributed by atoms with E-state index < -0.39 is 0 Å². The average molecular weight is 372 g/mol. The van der Waals surface area contributed by atoms with Crippen molar-refractivity contribution in [3.05, 3.63) is 59.2 Å². The van der Waals surface area contributed by atoms with Crippen LogP contribution in [0.3, 0.4) is 0 Å². The topological polar surface area (TPSA) is 38.8 Å². The van der Waals surface area contributed by atoms with Crippen molar-refractivity contribution in [1.82, 2.24) is 4.90 Å². The molecule has 0 unspecified atom stereocenters. The molecule has 0 saturated carbocycles. The molecular weight excluding hydrogens is 346 g/mol. The molecule has 0 aromatic heterocycles. The van der Waals surface area contributed by atoms with Crippen LogP contribution in [0, 0.1) is 6.92 Å². The molecule has 1 aliphatic heterocycles. The molecule has 1 atom stereocenters. The molecule has 5 heteroatoms. The van der Waals surface area contributed by atoms with Gasteiger partial charge in [-0.15, -0.1) is 0 Å². The van der Waals surface area contributed by atoms with E-state index >= 15 is 0 Å². The van der Waals surface area contributed by atoms with Gasteiger partial charge in [0, 0.05) is 24.1 Å². The summed E-state index contributed by atoms with van der Waals surface area (Å²) in [6.07, 6.45) is 0.952. The second-order valence-electron chi connectivity index (χ2n) is 6.34. The normalized spacial score (nSPS) is 17.5. The number of amides is 1. The number of nitrogens with zero attached hydrogens (tertiary/aromatic N) is 1. The highest BCUT2D eigenvalue weighted by molar-refractivity contribution is 7.99. The number of carbonyl (C=O) groups excluding carboxylic acids is 1. The molecule has 2 aromatic carbocycles. The van der Waals surface area contributed by atoms with E-state index in [4.69, 9.17) is 9.47 Å². The van der Waals surface area contributed by atoms with E-state index in [9.17, 15) is 4.79 Å². The minimum atomic E-state index is 0.00628. The van der Waals surface area contributed by atoms with Crippen LogP contribution in [0.5, 0.6) is 11.5 Å². The summed E-state index contributed by atoms with van der Waals surface area (Å²) in [7, 11) is 3.16. The second-order valence-corrected chi connectivity index (χ2v) is 7.65. The smallest absolute Gasteiger partial charge is 0.257 e. The molecule has 138 valence electrons. The second kappa shape index (κ2) is 8.49. The third kappa shape index (κ3) is 3.83. The molecule has 1 aliphatic rings. The van der Waals surface area contributed by atoms with Crippen LogP contribution in [0.2, 0.25) is 0 Å². The van der Waals surface area contributed by atoms with Crippen LogP contribution in [0.15, 0.2) is 42.5 Å². The minimum Gasteiger partial charge on any atom is -0.493 e. The van der Waals surface area contributed by atoms with Crippen LogP contribution in [-0.4, -0.2) is 43.9 Å². The summed E-state index contributed by atoms with van der Waals surface area (Å²) in [6, 6.07) is 14.0. The number of ether oxygens (including phenoxy) is 2. The summed E-state index contributed by atoms with van der Waals surface area (Å²) in [5.41, 5.74) is 3.26. The number of methoxy groups -OCH3 is 2. The van der Waals surface area contributed by atoms with Crippen LogP contribution in [0.4, 0.5) is 0 Å². The average Bonchev–Trinajstić information content (AvgIpc) is 2.93. The first-order chi connectivity index (χ1) is 12.7. The molecule has 1 fully saturated rings. The zero-order valence-electron chi connectivity index (χ0n) is 15.5. The largest absolute Gasteiger partial charge is 0.493 e. The van der Waals surface area contributed by atoms with Crippen molar-refractivity contribution < 1.29 is 14.3 Å². The molecule has 0 bridgehead atoms. The maximum absolute atomic E-state index is 13.1. The first-order valence-electron chi connectivity index (χ1n) is 8.83. The number of hydrogen-bond donors (Lipinski definition) is 0. The van der Waals surface area contributed by atoms with Gasteiger partial charge in [0.15, 0.2) is 11.5 Å². The lowest BCUT2D eigenvalue weighted by atomic mass is 10.0. The third-order valence-electron chi connectivity index (χ3n) is 4.80. The van der Waals surface area contributed by atoms with Gasteiger partial charge < -0.3 is 14.4 Å². The standard InChI is InChI=1S/C21H25NO3S/c1-15-7-4-5-8-16(15)19-11-12-22(13-14-26-19)21(23)17-9-6-10-18(24-2)20(17)25-3/h4-10,19H,11-14H2,1-3H3/t19-/m1/s1. The Morgan fingerprint density at radius 1 is 1.08 bits per heavy atom. The van der Waals surface area contributed by atoms with E-state index in [0.717, 1.165) is 25.3 Å². The fourth-order valence-electron chi connectivity index (χ4n) is 3.40. The van der Waals surface area contributed by atoms with Gasteiger partial charge in [-0.1, -0.05) is 30.3 Å².